The van der Waals surface area contributed by atoms with Crippen molar-refractivity contribution in [3.63, 3.8) is 0 Å². The van der Waals surface area contributed by atoms with E-state index < -0.39 is 0 Å². The van der Waals surface area contributed by atoms with Crippen LogP contribution in [0.25, 0.3) is 21.8 Å². The van der Waals surface area contributed by atoms with Crippen LogP contribution >= 0.6 is 27.3 Å². The van der Waals surface area contributed by atoms with Gasteiger partial charge in [0, 0.05) is 0 Å². The third kappa shape index (κ3) is 1.95. The number of hydrogen-bond acceptors (Lipinski definition) is 4. The van der Waals surface area contributed by atoms with E-state index in [2.05, 4.69) is 21.1 Å². The largest absolute Gasteiger partial charge is 0.380 e. The van der Waals surface area contributed by atoms with Gasteiger partial charge in [0.15, 0.2) is 11.6 Å². The fraction of sp³-hybridized carbons (Fsp3) is 0. The summed E-state index contributed by atoms with van der Waals surface area (Å²) in [6.07, 6.45) is 0. The molecule has 0 fully saturated rings. The molecule has 2 N–H and O–H groups in total. The summed E-state index contributed by atoms with van der Waals surface area (Å²) in [6.45, 7) is 0. The van der Waals surface area contributed by atoms with Gasteiger partial charge in [-0.25, -0.2) is 0 Å². The normalized spacial score (nSPS) is 10.7. The Labute approximate surface area is 116 Å². The van der Waals surface area contributed by atoms with Gasteiger partial charge in [0.05, 0.1) is 14.2 Å². The van der Waals surface area contributed by atoms with Crippen molar-refractivity contribution in [3.8, 4) is 21.8 Å². The molecule has 3 rings (SSSR count). The van der Waals surface area contributed by atoms with Crippen molar-refractivity contribution in [2.75, 3.05) is 5.73 Å². The van der Waals surface area contributed by atoms with E-state index in [1.54, 1.807) is 11.3 Å². The summed E-state index contributed by atoms with van der Waals surface area (Å²) in [5.74, 6) is 1.13. The topological polar surface area (TPSA) is 52.0 Å². The van der Waals surface area contributed by atoms with Gasteiger partial charge in [0.25, 0.3) is 0 Å². The first-order valence-electron chi connectivity index (χ1n) is 5.32. The molecule has 0 atom stereocenters. The molecule has 0 aliphatic heterocycles. The highest BCUT2D eigenvalue weighted by molar-refractivity contribution is 9.11. The van der Waals surface area contributed by atoms with Gasteiger partial charge < -0.3 is 10.3 Å². The van der Waals surface area contributed by atoms with E-state index in [-0.39, 0.29) is 0 Å². The number of hydrogen-bond donors (Lipinski definition) is 1. The molecule has 0 amide bonds. The Kier molecular flexibility index (Phi) is 2.93. The number of aromatic nitrogens is 1. The zero-order chi connectivity index (χ0) is 12.5. The van der Waals surface area contributed by atoms with E-state index in [0.29, 0.717) is 5.82 Å². The molecular formula is C13H9BrN2OS. The summed E-state index contributed by atoms with van der Waals surface area (Å²) < 4.78 is 6.41. The van der Waals surface area contributed by atoms with Crippen molar-refractivity contribution in [3.05, 3.63) is 46.3 Å². The van der Waals surface area contributed by atoms with Crippen molar-refractivity contribution in [2.24, 2.45) is 0 Å². The minimum absolute atomic E-state index is 0.417. The lowest BCUT2D eigenvalue weighted by Gasteiger charge is -2.00. The lowest BCUT2D eigenvalue weighted by Crippen LogP contribution is -1.87. The molecule has 0 aliphatic rings. The maximum Gasteiger partial charge on any atom is 0.186 e. The summed E-state index contributed by atoms with van der Waals surface area (Å²) in [5, 5.41) is 3.87. The number of nitrogens with zero attached hydrogens (tertiary/aromatic N) is 1. The van der Waals surface area contributed by atoms with Crippen LogP contribution in [0, 0.1) is 0 Å². The second-order valence-corrected chi connectivity index (χ2v) is 6.20. The third-order valence-electron chi connectivity index (χ3n) is 2.58. The molecule has 18 heavy (non-hydrogen) atoms. The van der Waals surface area contributed by atoms with E-state index in [1.165, 1.54) is 0 Å². The van der Waals surface area contributed by atoms with Gasteiger partial charge >= 0.3 is 0 Å². The zero-order valence-electron chi connectivity index (χ0n) is 9.26. The second-order valence-electron chi connectivity index (χ2n) is 3.74. The Balaban J connectivity index is 2.18. The number of nitrogen functional groups attached to an aromatic ring is 1. The molecule has 1 aromatic carbocycles. The van der Waals surface area contributed by atoms with Crippen LogP contribution in [-0.4, -0.2) is 5.16 Å². The van der Waals surface area contributed by atoms with E-state index in [9.17, 15) is 0 Å². The maximum absolute atomic E-state index is 5.91. The zero-order valence-corrected chi connectivity index (χ0v) is 11.7. The summed E-state index contributed by atoms with van der Waals surface area (Å²) >= 11 is 5.03. The van der Waals surface area contributed by atoms with Gasteiger partial charge in [-0.1, -0.05) is 35.5 Å². The Morgan fingerprint density at radius 3 is 2.56 bits per heavy atom. The van der Waals surface area contributed by atoms with Crippen molar-refractivity contribution in [1.82, 2.24) is 5.16 Å². The summed E-state index contributed by atoms with van der Waals surface area (Å²) in [6, 6.07) is 13.9. The first-order valence-corrected chi connectivity index (χ1v) is 6.93. The van der Waals surface area contributed by atoms with Crippen LogP contribution in [0.3, 0.4) is 0 Å². The number of halogens is 1. The van der Waals surface area contributed by atoms with Crippen molar-refractivity contribution in [2.45, 2.75) is 0 Å². The smallest absolute Gasteiger partial charge is 0.186 e. The molecule has 0 saturated carbocycles. The van der Waals surface area contributed by atoms with Crippen molar-refractivity contribution < 1.29 is 4.52 Å². The molecule has 5 heteroatoms. The van der Waals surface area contributed by atoms with Gasteiger partial charge in [-0.15, -0.1) is 11.3 Å². The fourth-order valence-electron chi connectivity index (χ4n) is 1.79. The molecule has 2 heterocycles. The molecule has 0 saturated heterocycles. The maximum atomic E-state index is 5.91. The van der Waals surface area contributed by atoms with Crippen molar-refractivity contribution in [1.29, 1.82) is 0 Å². The van der Waals surface area contributed by atoms with Gasteiger partial charge in [0.2, 0.25) is 0 Å². The van der Waals surface area contributed by atoms with Gasteiger partial charge in [-0.3, -0.25) is 0 Å². The predicted molar refractivity (Wildman–Crippen MR) is 77.4 cm³/mol. The number of thiophene rings is 1. The lowest BCUT2D eigenvalue weighted by molar-refractivity contribution is 0.437. The predicted octanol–water partition coefficient (Wildman–Crippen LogP) is 4.41. The minimum Gasteiger partial charge on any atom is -0.380 e. The molecular weight excluding hydrogens is 312 g/mol. The standard InChI is InChI=1S/C13H9BrN2OS/c14-10-7-6-9(18-10)12-11(13(15)16-17-12)8-4-2-1-3-5-8/h1-7H,(H2,15,16). The Morgan fingerprint density at radius 1 is 1.11 bits per heavy atom. The second kappa shape index (κ2) is 4.59. The molecule has 0 spiro atoms. The van der Waals surface area contributed by atoms with Gasteiger partial charge in [-0.05, 0) is 33.6 Å². The molecule has 3 aromatic rings. The average molecular weight is 321 g/mol. The minimum atomic E-state index is 0.417. The van der Waals surface area contributed by atoms with Crippen LogP contribution < -0.4 is 5.73 Å². The third-order valence-corrected chi connectivity index (χ3v) is 4.20. The Bertz CT molecular complexity index is 675. The first-order chi connectivity index (χ1) is 8.75. The number of anilines is 1. The highest BCUT2D eigenvalue weighted by atomic mass is 79.9. The molecule has 3 nitrogen and oxygen atoms in total. The summed E-state index contributed by atoms with van der Waals surface area (Å²) in [5.41, 5.74) is 7.77. The molecule has 2 aromatic heterocycles. The van der Waals surface area contributed by atoms with Gasteiger partial charge in [-0.2, -0.15) is 0 Å². The van der Waals surface area contributed by atoms with Crippen LogP contribution in [0.15, 0.2) is 50.8 Å². The van der Waals surface area contributed by atoms with Gasteiger partial charge in [0.1, 0.15) is 0 Å². The van der Waals surface area contributed by atoms with Crippen molar-refractivity contribution >= 4 is 33.1 Å². The molecule has 0 radical (unpaired) electrons. The highest BCUT2D eigenvalue weighted by Gasteiger charge is 2.18. The SMILES string of the molecule is Nc1noc(-c2ccc(Br)s2)c1-c1ccccc1. The van der Waals surface area contributed by atoms with E-state index >= 15 is 0 Å². The summed E-state index contributed by atoms with van der Waals surface area (Å²) in [4.78, 5) is 1.00. The van der Waals surface area contributed by atoms with Crippen LogP contribution in [0.1, 0.15) is 0 Å². The fourth-order valence-corrected chi connectivity index (χ4v) is 3.16. The van der Waals surface area contributed by atoms with Crippen LogP contribution in [-0.2, 0) is 0 Å². The number of nitrogens with two attached hydrogens (primary N) is 1. The quantitative estimate of drug-likeness (QED) is 0.760. The molecule has 0 bridgehead atoms. The summed E-state index contributed by atoms with van der Waals surface area (Å²) in [7, 11) is 0. The van der Waals surface area contributed by atoms with Crippen LogP contribution in [0.4, 0.5) is 5.82 Å². The first kappa shape index (κ1) is 11.5. The highest BCUT2D eigenvalue weighted by Crippen LogP contribution is 2.40. The molecule has 90 valence electrons. The molecule has 0 unspecified atom stereocenters. The monoisotopic (exact) mass is 320 g/mol. The van der Waals surface area contributed by atoms with E-state index in [1.807, 2.05) is 42.5 Å². The van der Waals surface area contributed by atoms with Crippen LogP contribution in [0.2, 0.25) is 0 Å². The van der Waals surface area contributed by atoms with E-state index in [4.69, 9.17) is 10.3 Å². The lowest BCUT2D eigenvalue weighted by atomic mass is 10.1. The average Bonchev–Trinajstić information content (AvgIpc) is 2.96. The Morgan fingerprint density at radius 2 is 1.89 bits per heavy atom. The van der Waals surface area contributed by atoms with E-state index in [0.717, 1.165) is 25.6 Å². The van der Waals surface area contributed by atoms with Crippen LogP contribution in [0.5, 0.6) is 0 Å². The Hall–Kier alpha value is -1.59. The number of rotatable bonds is 2. The number of benzene rings is 1. The molecule has 0 aliphatic carbocycles.